The van der Waals surface area contributed by atoms with Gasteiger partial charge in [-0.25, -0.2) is 0 Å². The highest BCUT2D eigenvalue weighted by Gasteiger charge is 2.16. The Hall–Kier alpha value is -3.08. The zero-order chi connectivity index (χ0) is 17.8. The lowest BCUT2D eigenvalue weighted by atomic mass is 10.1. The minimum Gasteiger partial charge on any atom is -0.490 e. The summed E-state index contributed by atoms with van der Waals surface area (Å²) in [5.74, 6) is 0.229. The maximum atomic E-state index is 12.6. The van der Waals surface area contributed by atoms with Crippen LogP contribution in [0.15, 0.2) is 59.0 Å². The molecule has 0 radical (unpaired) electrons. The number of carbonyl (C=O) groups excluding carboxylic acids is 1. The van der Waals surface area contributed by atoms with Crippen molar-refractivity contribution in [3.63, 3.8) is 0 Å². The van der Waals surface area contributed by atoms with Gasteiger partial charge in [-0.05, 0) is 31.5 Å². The molecule has 0 unspecified atom stereocenters. The van der Waals surface area contributed by atoms with Gasteiger partial charge < -0.3 is 14.5 Å². The van der Waals surface area contributed by atoms with E-state index >= 15 is 0 Å². The monoisotopic (exact) mass is 336 g/mol. The minimum absolute atomic E-state index is 0.168. The van der Waals surface area contributed by atoms with Gasteiger partial charge in [-0.3, -0.25) is 10.2 Å². The van der Waals surface area contributed by atoms with Crippen LogP contribution in [0, 0.1) is 5.41 Å². The molecule has 0 fully saturated rings. The summed E-state index contributed by atoms with van der Waals surface area (Å²) in [5.41, 5.74) is 1.49. The smallest absolute Gasteiger partial charge is 0.257 e. The van der Waals surface area contributed by atoms with Crippen molar-refractivity contribution >= 4 is 16.9 Å². The third kappa shape index (κ3) is 3.55. The zero-order valence-corrected chi connectivity index (χ0v) is 14.2. The Kier molecular flexibility index (Phi) is 4.84. The summed E-state index contributed by atoms with van der Waals surface area (Å²) < 4.78 is 11.1. The largest absolute Gasteiger partial charge is 0.490 e. The second-order valence-corrected chi connectivity index (χ2v) is 5.70. The molecule has 2 N–H and O–H groups in total. The van der Waals surface area contributed by atoms with Gasteiger partial charge in [0.25, 0.3) is 5.91 Å². The van der Waals surface area contributed by atoms with Crippen molar-refractivity contribution < 1.29 is 13.9 Å². The number of hydrogen-bond donors (Lipinski definition) is 2. The van der Waals surface area contributed by atoms with E-state index in [0.717, 1.165) is 10.9 Å². The van der Waals surface area contributed by atoms with E-state index in [1.807, 2.05) is 56.3 Å². The van der Waals surface area contributed by atoms with Crippen molar-refractivity contribution in [2.24, 2.45) is 0 Å². The summed E-state index contributed by atoms with van der Waals surface area (Å²) in [6.07, 6.45) is 0. The second-order valence-electron chi connectivity index (χ2n) is 5.70. The van der Waals surface area contributed by atoms with Crippen LogP contribution in [-0.4, -0.2) is 12.5 Å². The van der Waals surface area contributed by atoms with Crippen molar-refractivity contribution in [1.29, 1.82) is 5.41 Å². The maximum absolute atomic E-state index is 12.6. The van der Waals surface area contributed by atoms with Crippen LogP contribution in [0.1, 0.15) is 35.8 Å². The Morgan fingerprint density at radius 3 is 2.68 bits per heavy atom. The Balaban J connectivity index is 1.92. The molecule has 1 amide bonds. The molecule has 1 heterocycles. The first-order valence-electron chi connectivity index (χ1n) is 8.20. The van der Waals surface area contributed by atoms with Crippen LogP contribution in [0.3, 0.4) is 0 Å². The normalized spacial score (nSPS) is 11.9. The number of benzene rings is 2. The van der Waals surface area contributed by atoms with Gasteiger partial charge in [-0.1, -0.05) is 42.5 Å². The highest BCUT2D eigenvalue weighted by atomic mass is 16.5. The van der Waals surface area contributed by atoms with E-state index in [0.29, 0.717) is 17.9 Å². The molecule has 5 heteroatoms. The first-order valence-corrected chi connectivity index (χ1v) is 8.20. The fourth-order valence-electron chi connectivity index (χ4n) is 2.67. The third-order valence-electron chi connectivity index (χ3n) is 3.95. The summed E-state index contributed by atoms with van der Waals surface area (Å²) in [6.45, 7) is 4.29. The SMILES string of the molecule is CCOc1cccc2cc(C(=O)N[C@H](C)c3ccccc3)c(=N)oc12. The number of hydrogen-bond acceptors (Lipinski definition) is 4. The maximum Gasteiger partial charge on any atom is 0.257 e. The van der Waals surface area contributed by atoms with Crippen LogP contribution < -0.4 is 15.6 Å². The molecule has 0 spiro atoms. The quantitative estimate of drug-likeness (QED) is 0.744. The lowest BCUT2D eigenvalue weighted by Gasteiger charge is -2.14. The van der Waals surface area contributed by atoms with Gasteiger partial charge in [0.05, 0.1) is 12.6 Å². The van der Waals surface area contributed by atoms with Gasteiger partial charge in [0, 0.05) is 5.39 Å². The van der Waals surface area contributed by atoms with E-state index in [1.54, 1.807) is 12.1 Å². The number of amides is 1. The first kappa shape index (κ1) is 16.8. The number of fused-ring (bicyclic) bond motifs is 1. The van der Waals surface area contributed by atoms with Gasteiger partial charge >= 0.3 is 0 Å². The van der Waals surface area contributed by atoms with Gasteiger partial charge in [0.1, 0.15) is 5.56 Å². The molecular weight excluding hydrogens is 316 g/mol. The number of rotatable bonds is 5. The highest BCUT2D eigenvalue weighted by molar-refractivity contribution is 5.97. The first-order chi connectivity index (χ1) is 12.1. The molecule has 3 aromatic rings. The number of para-hydroxylation sites is 1. The molecule has 0 aliphatic rings. The van der Waals surface area contributed by atoms with Gasteiger partial charge in [-0.15, -0.1) is 0 Å². The predicted octanol–water partition coefficient (Wildman–Crippen LogP) is 3.80. The van der Waals surface area contributed by atoms with Crippen LogP contribution in [0.5, 0.6) is 5.75 Å². The second kappa shape index (κ2) is 7.21. The summed E-state index contributed by atoms with van der Waals surface area (Å²) in [6, 6.07) is 16.6. The number of carbonyl (C=O) groups is 1. The van der Waals surface area contributed by atoms with Crippen LogP contribution in [-0.2, 0) is 0 Å². The molecule has 0 aliphatic carbocycles. The van der Waals surface area contributed by atoms with Crippen molar-refractivity contribution in [3.05, 3.63) is 71.3 Å². The Morgan fingerprint density at radius 2 is 1.96 bits per heavy atom. The molecule has 1 aromatic heterocycles. The van der Waals surface area contributed by atoms with Crippen LogP contribution >= 0.6 is 0 Å². The molecule has 0 bridgehead atoms. The predicted molar refractivity (Wildman–Crippen MR) is 95.6 cm³/mol. The molecule has 128 valence electrons. The molecule has 1 atom stereocenters. The fourth-order valence-corrected chi connectivity index (χ4v) is 2.67. The molecular formula is C20H20N2O3. The Morgan fingerprint density at radius 1 is 1.20 bits per heavy atom. The lowest BCUT2D eigenvalue weighted by Crippen LogP contribution is -2.30. The number of ether oxygens (including phenoxy) is 1. The topological polar surface area (TPSA) is 75.3 Å². The van der Waals surface area contributed by atoms with Gasteiger partial charge in [0.15, 0.2) is 11.3 Å². The molecule has 3 rings (SSSR count). The van der Waals surface area contributed by atoms with E-state index in [9.17, 15) is 4.79 Å². The molecule has 2 aromatic carbocycles. The summed E-state index contributed by atoms with van der Waals surface area (Å²) in [4.78, 5) is 12.6. The van der Waals surface area contributed by atoms with Gasteiger partial charge in [0.2, 0.25) is 5.55 Å². The van der Waals surface area contributed by atoms with E-state index in [-0.39, 0.29) is 23.1 Å². The molecule has 0 saturated carbocycles. The summed E-state index contributed by atoms with van der Waals surface area (Å²) in [5, 5.41) is 11.7. The summed E-state index contributed by atoms with van der Waals surface area (Å²) in [7, 11) is 0. The van der Waals surface area contributed by atoms with Crippen LogP contribution in [0.2, 0.25) is 0 Å². The van der Waals surface area contributed by atoms with Crippen molar-refractivity contribution in [1.82, 2.24) is 5.32 Å². The zero-order valence-electron chi connectivity index (χ0n) is 14.2. The molecule has 5 nitrogen and oxygen atoms in total. The van der Waals surface area contributed by atoms with E-state index in [2.05, 4.69) is 5.32 Å². The standard InChI is InChI=1S/C20H20N2O3/c1-3-24-17-11-7-10-15-12-16(19(21)25-18(15)17)20(23)22-13(2)14-8-5-4-6-9-14/h4-13,21H,3H2,1-2H3,(H,22,23)/t13-/m1/s1. The lowest BCUT2D eigenvalue weighted by molar-refractivity contribution is 0.0935. The average Bonchev–Trinajstić information content (AvgIpc) is 2.62. The van der Waals surface area contributed by atoms with E-state index in [1.165, 1.54) is 0 Å². The molecule has 25 heavy (non-hydrogen) atoms. The van der Waals surface area contributed by atoms with Crippen LogP contribution in [0.4, 0.5) is 0 Å². The van der Waals surface area contributed by atoms with Crippen molar-refractivity contribution in [3.8, 4) is 5.75 Å². The van der Waals surface area contributed by atoms with E-state index < -0.39 is 0 Å². The minimum atomic E-state index is -0.339. The molecule has 0 aliphatic heterocycles. The Bertz CT molecular complexity index is 948. The number of nitrogens with one attached hydrogen (secondary N) is 2. The van der Waals surface area contributed by atoms with Gasteiger partial charge in [-0.2, -0.15) is 0 Å². The van der Waals surface area contributed by atoms with Crippen molar-refractivity contribution in [2.45, 2.75) is 19.9 Å². The fraction of sp³-hybridized carbons (Fsp3) is 0.200. The summed E-state index contributed by atoms with van der Waals surface area (Å²) >= 11 is 0. The molecule has 0 saturated heterocycles. The Labute approximate surface area is 145 Å². The van der Waals surface area contributed by atoms with E-state index in [4.69, 9.17) is 14.6 Å². The van der Waals surface area contributed by atoms with Crippen molar-refractivity contribution in [2.75, 3.05) is 6.61 Å². The third-order valence-corrected chi connectivity index (χ3v) is 3.95. The highest BCUT2D eigenvalue weighted by Crippen LogP contribution is 2.25. The average molecular weight is 336 g/mol. The van der Waals surface area contributed by atoms with Crippen LogP contribution in [0.25, 0.3) is 11.0 Å².